The van der Waals surface area contributed by atoms with Crippen molar-refractivity contribution in [3.05, 3.63) is 69.5 Å². The molecule has 9 heteroatoms. The van der Waals surface area contributed by atoms with Crippen molar-refractivity contribution in [1.29, 1.82) is 0 Å². The lowest BCUT2D eigenvalue weighted by molar-refractivity contribution is -0.384. The molecule has 0 unspecified atom stereocenters. The normalized spacial score (nSPS) is 12.9. The second-order valence-electron chi connectivity index (χ2n) is 6.82. The maximum absolute atomic E-state index is 13.7. The van der Waals surface area contributed by atoms with Crippen LogP contribution in [0, 0.1) is 15.9 Å². The van der Waals surface area contributed by atoms with Crippen LogP contribution in [0.5, 0.6) is 0 Å². The van der Waals surface area contributed by atoms with Crippen LogP contribution >= 0.6 is 0 Å². The minimum absolute atomic E-state index is 0.0239. The van der Waals surface area contributed by atoms with Crippen molar-refractivity contribution >= 4 is 23.3 Å². The second-order valence-corrected chi connectivity index (χ2v) is 6.82. The molecular weight excluding hydrogens is 381 g/mol. The highest BCUT2D eigenvalue weighted by atomic mass is 19.1. The average molecular weight is 401 g/mol. The number of carbonyl (C=O) groups is 2. The minimum Gasteiger partial charge on any atom is -0.452 e. The first kappa shape index (κ1) is 20.2. The third-order valence-electron chi connectivity index (χ3n) is 4.48. The number of carbonyl (C=O) groups excluding carboxylic acids is 2. The molecule has 3 rings (SSSR count). The molecule has 0 bridgehead atoms. The quantitative estimate of drug-likeness (QED) is 0.414. The number of rotatable bonds is 8. The Labute approximate surface area is 166 Å². The molecule has 0 aliphatic heterocycles. The van der Waals surface area contributed by atoms with Crippen molar-refractivity contribution in [2.24, 2.45) is 0 Å². The lowest BCUT2D eigenvalue weighted by Gasteiger charge is -2.17. The van der Waals surface area contributed by atoms with Gasteiger partial charge in [0.05, 0.1) is 10.5 Å². The number of hydrogen-bond donors (Lipinski definition) is 1. The van der Waals surface area contributed by atoms with Crippen molar-refractivity contribution in [1.82, 2.24) is 4.90 Å². The van der Waals surface area contributed by atoms with E-state index >= 15 is 0 Å². The van der Waals surface area contributed by atoms with Crippen molar-refractivity contribution < 1.29 is 23.6 Å². The van der Waals surface area contributed by atoms with E-state index in [9.17, 15) is 24.1 Å². The number of ether oxygens (including phenoxy) is 1. The van der Waals surface area contributed by atoms with E-state index in [-0.39, 0.29) is 23.8 Å². The standard InChI is InChI=1S/C20H20FN3O5/c1-23(11-14-4-2-3-5-16(14)21)19(25)12-29-20(26)13-6-9-17(22-15-7-8-15)18(10-13)24(27)28/h2-6,9-10,15,22H,7-8,11-12H2,1H3. The van der Waals surface area contributed by atoms with Gasteiger partial charge in [-0.1, -0.05) is 18.2 Å². The summed E-state index contributed by atoms with van der Waals surface area (Å²) in [5.41, 5.74) is 0.427. The van der Waals surface area contributed by atoms with Crippen molar-refractivity contribution in [3.8, 4) is 0 Å². The zero-order chi connectivity index (χ0) is 21.0. The summed E-state index contributed by atoms with van der Waals surface area (Å²) in [5.74, 6) is -1.81. The van der Waals surface area contributed by atoms with E-state index in [1.165, 1.54) is 30.1 Å². The molecule has 1 saturated carbocycles. The number of likely N-dealkylation sites (N-methyl/N-ethyl adjacent to an activating group) is 1. The molecule has 2 aromatic rings. The number of anilines is 1. The molecule has 0 saturated heterocycles. The zero-order valence-corrected chi connectivity index (χ0v) is 15.8. The summed E-state index contributed by atoms with van der Waals surface area (Å²) in [4.78, 5) is 36.3. The third-order valence-corrected chi connectivity index (χ3v) is 4.48. The van der Waals surface area contributed by atoms with Crippen LogP contribution in [0.4, 0.5) is 15.8 Å². The summed E-state index contributed by atoms with van der Waals surface area (Å²) >= 11 is 0. The van der Waals surface area contributed by atoms with Gasteiger partial charge >= 0.3 is 5.97 Å². The molecular formula is C20H20FN3O5. The van der Waals surface area contributed by atoms with Crippen LogP contribution in [0.25, 0.3) is 0 Å². The van der Waals surface area contributed by atoms with E-state index in [2.05, 4.69) is 5.32 Å². The number of benzene rings is 2. The maximum Gasteiger partial charge on any atom is 0.338 e. The van der Waals surface area contributed by atoms with Crippen LogP contribution in [0.1, 0.15) is 28.8 Å². The van der Waals surface area contributed by atoms with Gasteiger partial charge in [0.2, 0.25) is 0 Å². The molecule has 8 nitrogen and oxygen atoms in total. The van der Waals surface area contributed by atoms with Crippen LogP contribution in [0.15, 0.2) is 42.5 Å². The first-order valence-electron chi connectivity index (χ1n) is 9.04. The molecule has 1 aliphatic rings. The molecule has 29 heavy (non-hydrogen) atoms. The Kier molecular flexibility index (Phi) is 6.06. The van der Waals surface area contributed by atoms with E-state index in [1.54, 1.807) is 18.2 Å². The monoisotopic (exact) mass is 401 g/mol. The molecule has 2 aromatic carbocycles. The van der Waals surface area contributed by atoms with Crippen LogP contribution in [0.2, 0.25) is 0 Å². The highest BCUT2D eigenvalue weighted by Gasteiger charge is 2.26. The molecule has 0 heterocycles. The third kappa shape index (κ3) is 5.28. The van der Waals surface area contributed by atoms with Gasteiger partial charge in [0.15, 0.2) is 6.61 Å². The summed E-state index contributed by atoms with van der Waals surface area (Å²) in [5, 5.41) is 14.3. The minimum atomic E-state index is -0.848. The molecule has 0 atom stereocenters. The first-order chi connectivity index (χ1) is 13.8. The largest absolute Gasteiger partial charge is 0.452 e. The van der Waals surface area contributed by atoms with Crippen molar-refractivity contribution in [2.75, 3.05) is 19.0 Å². The van der Waals surface area contributed by atoms with Crippen molar-refractivity contribution in [2.45, 2.75) is 25.4 Å². The molecule has 1 N–H and O–H groups in total. The smallest absolute Gasteiger partial charge is 0.338 e. The molecule has 152 valence electrons. The fraction of sp³-hybridized carbons (Fsp3) is 0.300. The Bertz CT molecular complexity index is 945. The molecule has 1 fully saturated rings. The van der Waals surface area contributed by atoms with Gasteiger partial charge in [-0.3, -0.25) is 14.9 Å². The molecule has 0 radical (unpaired) electrons. The van der Waals surface area contributed by atoms with Gasteiger partial charge in [-0.15, -0.1) is 0 Å². The van der Waals surface area contributed by atoms with Gasteiger partial charge < -0.3 is 15.0 Å². The number of esters is 1. The van der Waals surface area contributed by atoms with Crippen LogP contribution < -0.4 is 5.32 Å². The van der Waals surface area contributed by atoms with Crippen molar-refractivity contribution in [3.63, 3.8) is 0 Å². The number of amides is 1. The number of nitro groups is 1. The summed E-state index contributed by atoms with van der Waals surface area (Å²) in [6.07, 6.45) is 1.90. The lowest BCUT2D eigenvalue weighted by atomic mass is 10.1. The fourth-order valence-corrected chi connectivity index (χ4v) is 2.67. The number of hydrogen-bond acceptors (Lipinski definition) is 6. The number of nitrogens with zero attached hydrogens (tertiary/aromatic N) is 2. The Hall–Kier alpha value is -3.49. The number of nitro benzene ring substituents is 1. The Morgan fingerprint density at radius 2 is 2.00 bits per heavy atom. The van der Waals surface area contributed by atoms with Gasteiger partial charge in [-0.2, -0.15) is 0 Å². The summed E-state index contributed by atoms with van der Waals surface area (Å²) in [6, 6.07) is 10.3. The SMILES string of the molecule is CN(Cc1ccccc1F)C(=O)COC(=O)c1ccc(NC2CC2)c([N+](=O)[O-])c1. The highest BCUT2D eigenvalue weighted by Crippen LogP contribution is 2.31. The lowest BCUT2D eigenvalue weighted by Crippen LogP contribution is -2.31. The highest BCUT2D eigenvalue weighted by molar-refractivity contribution is 5.93. The molecule has 1 aliphatic carbocycles. The van der Waals surface area contributed by atoms with Crippen LogP contribution in [0.3, 0.4) is 0 Å². The van der Waals surface area contributed by atoms with E-state index in [1.807, 2.05) is 0 Å². The zero-order valence-electron chi connectivity index (χ0n) is 15.8. The Balaban J connectivity index is 1.59. The number of nitrogens with one attached hydrogen (secondary N) is 1. The predicted octanol–water partition coefficient (Wildman–Crippen LogP) is 3.12. The maximum atomic E-state index is 13.7. The Morgan fingerprint density at radius 1 is 1.28 bits per heavy atom. The van der Waals surface area contributed by atoms with E-state index in [0.717, 1.165) is 18.9 Å². The summed E-state index contributed by atoms with van der Waals surface area (Å²) < 4.78 is 18.7. The average Bonchev–Trinajstić information content (AvgIpc) is 3.51. The first-order valence-corrected chi connectivity index (χ1v) is 9.04. The van der Waals surface area contributed by atoms with E-state index in [0.29, 0.717) is 11.3 Å². The fourth-order valence-electron chi connectivity index (χ4n) is 2.67. The summed E-state index contributed by atoms with van der Waals surface area (Å²) in [6.45, 7) is -0.532. The van der Waals surface area contributed by atoms with E-state index in [4.69, 9.17) is 4.74 Å². The predicted molar refractivity (Wildman–Crippen MR) is 103 cm³/mol. The summed E-state index contributed by atoms with van der Waals surface area (Å²) in [7, 11) is 1.46. The molecule has 0 spiro atoms. The number of halogens is 1. The van der Waals surface area contributed by atoms with Crippen LogP contribution in [-0.2, 0) is 16.1 Å². The van der Waals surface area contributed by atoms with Gasteiger partial charge in [0.25, 0.3) is 11.6 Å². The Morgan fingerprint density at radius 3 is 2.66 bits per heavy atom. The van der Waals surface area contributed by atoms with Gasteiger partial charge in [0.1, 0.15) is 11.5 Å². The topological polar surface area (TPSA) is 102 Å². The van der Waals surface area contributed by atoms with Crippen LogP contribution in [-0.4, -0.2) is 41.4 Å². The van der Waals surface area contributed by atoms with Gasteiger partial charge in [-0.05, 0) is 31.0 Å². The van der Waals surface area contributed by atoms with Gasteiger partial charge in [-0.25, -0.2) is 9.18 Å². The van der Waals surface area contributed by atoms with Gasteiger partial charge in [0, 0.05) is 31.3 Å². The molecule has 0 aromatic heterocycles. The molecule has 1 amide bonds. The second kappa shape index (κ2) is 8.68. The van der Waals surface area contributed by atoms with E-state index < -0.39 is 29.2 Å².